The molecule has 4 aromatic rings. The molecule has 33 heavy (non-hydrogen) atoms. The number of para-hydroxylation sites is 2. The molecular formula is C26H27N5OS. The van der Waals surface area contributed by atoms with Gasteiger partial charge in [-0.3, -0.25) is 9.36 Å². The summed E-state index contributed by atoms with van der Waals surface area (Å²) in [6.45, 7) is 6.71. The quantitative estimate of drug-likeness (QED) is 0.340. The molecule has 0 saturated heterocycles. The van der Waals surface area contributed by atoms with Gasteiger partial charge in [-0.2, -0.15) is 0 Å². The first kappa shape index (κ1) is 22.6. The Kier molecular flexibility index (Phi) is 7.10. The van der Waals surface area contributed by atoms with E-state index in [1.807, 2.05) is 66.1 Å². The van der Waals surface area contributed by atoms with Crippen LogP contribution in [-0.2, 0) is 11.3 Å². The minimum atomic E-state index is -0.0818. The van der Waals surface area contributed by atoms with Crippen molar-refractivity contribution in [2.45, 2.75) is 32.5 Å². The number of thioether (sulfide) groups is 1. The standard InChI is InChI=1S/C26H27N5OS/c1-18-12-14-21(15-13-18)28-24(32)17-33-26-30-29-23(31(26)22-10-5-4-6-11-22)16-27-25-19(2)8-7-9-20(25)3/h4-15,27H,16-17H2,1-3H3,(H,28,32). The number of aromatic nitrogens is 3. The summed E-state index contributed by atoms with van der Waals surface area (Å²) in [7, 11) is 0. The molecule has 0 aliphatic rings. The Bertz CT molecular complexity index is 1220. The predicted octanol–water partition coefficient (Wildman–Crippen LogP) is 5.54. The van der Waals surface area contributed by atoms with Crippen LogP contribution in [0.2, 0.25) is 0 Å². The van der Waals surface area contributed by atoms with Gasteiger partial charge in [0.05, 0.1) is 12.3 Å². The van der Waals surface area contributed by atoms with Gasteiger partial charge in [0, 0.05) is 17.1 Å². The van der Waals surface area contributed by atoms with Crippen molar-refractivity contribution in [3.05, 3.63) is 95.3 Å². The van der Waals surface area contributed by atoms with E-state index in [0.29, 0.717) is 11.7 Å². The first-order valence-electron chi connectivity index (χ1n) is 10.8. The van der Waals surface area contributed by atoms with Gasteiger partial charge in [-0.05, 0) is 56.2 Å². The van der Waals surface area contributed by atoms with E-state index < -0.39 is 0 Å². The molecule has 0 fully saturated rings. The summed E-state index contributed by atoms with van der Waals surface area (Å²) < 4.78 is 2.00. The summed E-state index contributed by atoms with van der Waals surface area (Å²) in [5.41, 5.74) is 6.37. The first-order chi connectivity index (χ1) is 16.0. The average Bonchev–Trinajstić information content (AvgIpc) is 3.22. The Balaban J connectivity index is 1.51. The zero-order chi connectivity index (χ0) is 23.2. The Morgan fingerprint density at radius 2 is 1.58 bits per heavy atom. The van der Waals surface area contributed by atoms with E-state index in [1.54, 1.807) is 0 Å². The second-order valence-corrected chi connectivity index (χ2v) is 8.84. The third kappa shape index (κ3) is 5.62. The lowest BCUT2D eigenvalue weighted by Gasteiger charge is -2.14. The van der Waals surface area contributed by atoms with Crippen LogP contribution < -0.4 is 10.6 Å². The van der Waals surface area contributed by atoms with Crippen molar-refractivity contribution in [1.29, 1.82) is 0 Å². The maximum atomic E-state index is 12.5. The summed E-state index contributed by atoms with van der Waals surface area (Å²) >= 11 is 1.37. The largest absolute Gasteiger partial charge is 0.377 e. The molecule has 1 aromatic heterocycles. The average molecular weight is 458 g/mol. The molecule has 4 rings (SSSR count). The minimum absolute atomic E-state index is 0.0818. The fourth-order valence-corrected chi connectivity index (χ4v) is 4.34. The number of amides is 1. The minimum Gasteiger partial charge on any atom is -0.377 e. The highest BCUT2D eigenvalue weighted by atomic mass is 32.2. The lowest BCUT2D eigenvalue weighted by atomic mass is 10.1. The molecule has 1 amide bonds. The van der Waals surface area contributed by atoms with E-state index >= 15 is 0 Å². The Labute approximate surface area is 198 Å². The molecule has 0 aliphatic heterocycles. The van der Waals surface area contributed by atoms with Crippen LogP contribution in [0.3, 0.4) is 0 Å². The molecule has 0 spiro atoms. The predicted molar refractivity (Wildman–Crippen MR) is 135 cm³/mol. The van der Waals surface area contributed by atoms with Crippen LogP contribution in [0, 0.1) is 20.8 Å². The van der Waals surface area contributed by atoms with Gasteiger partial charge in [-0.25, -0.2) is 0 Å². The highest BCUT2D eigenvalue weighted by molar-refractivity contribution is 7.99. The number of anilines is 2. The fraction of sp³-hybridized carbons (Fsp3) is 0.192. The van der Waals surface area contributed by atoms with Gasteiger partial charge in [0.1, 0.15) is 0 Å². The van der Waals surface area contributed by atoms with Crippen LogP contribution in [0.4, 0.5) is 11.4 Å². The van der Waals surface area contributed by atoms with Gasteiger partial charge < -0.3 is 10.6 Å². The highest BCUT2D eigenvalue weighted by Crippen LogP contribution is 2.24. The molecule has 0 saturated carbocycles. The summed E-state index contributed by atoms with van der Waals surface area (Å²) in [6, 6.07) is 24.0. The molecule has 2 N–H and O–H groups in total. The van der Waals surface area contributed by atoms with Gasteiger partial charge in [0.2, 0.25) is 5.91 Å². The van der Waals surface area contributed by atoms with E-state index in [9.17, 15) is 4.79 Å². The molecule has 0 unspecified atom stereocenters. The molecule has 3 aromatic carbocycles. The van der Waals surface area contributed by atoms with Crippen molar-refractivity contribution in [3.8, 4) is 5.69 Å². The second kappa shape index (κ2) is 10.4. The molecule has 7 heteroatoms. The molecule has 0 radical (unpaired) electrons. The van der Waals surface area contributed by atoms with Crippen molar-refractivity contribution in [2.75, 3.05) is 16.4 Å². The van der Waals surface area contributed by atoms with Gasteiger partial charge in [-0.15, -0.1) is 10.2 Å². The number of carbonyl (C=O) groups is 1. The third-order valence-electron chi connectivity index (χ3n) is 5.29. The Morgan fingerprint density at radius 3 is 2.27 bits per heavy atom. The van der Waals surface area contributed by atoms with Crippen LogP contribution in [0.25, 0.3) is 5.69 Å². The van der Waals surface area contributed by atoms with Gasteiger partial charge in [0.25, 0.3) is 0 Å². The fourth-order valence-electron chi connectivity index (χ4n) is 3.57. The van der Waals surface area contributed by atoms with E-state index in [-0.39, 0.29) is 11.7 Å². The zero-order valence-corrected chi connectivity index (χ0v) is 19.8. The second-order valence-electron chi connectivity index (χ2n) is 7.89. The normalized spacial score (nSPS) is 10.8. The smallest absolute Gasteiger partial charge is 0.234 e. The molecule has 1 heterocycles. The zero-order valence-electron chi connectivity index (χ0n) is 19.0. The highest BCUT2D eigenvalue weighted by Gasteiger charge is 2.16. The lowest BCUT2D eigenvalue weighted by Crippen LogP contribution is -2.15. The number of benzene rings is 3. The summed E-state index contributed by atoms with van der Waals surface area (Å²) in [4.78, 5) is 12.5. The van der Waals surface area contributed by atoms with Crippen LogP contribution in [0.1, 0.15) is 22.5 Å². The molecule has 6 nitrogen and oxygen atoms in total. The SMILES string of the molecule is Cc1ccc(NC(=O)CSc2nnc(CNc3c(C)cccc3C)n2-c2ccccc2)cc1. The molecule has 0 aliphatic carbocycles. The van der Waals surface area contributed by atoms with E-state index in [0.717, 1.165) is 28.5 Å². The maximum Gasteiger partial charge on any atom is 0.234 e. The van der Waals surface area contributed by atoms with Crippen LogP contribution in [-0.4, -0.2) is 26.4 Å². The summed E-state index contributed by atoms with van der Waals surface area (Å²) in [5, 5.41) is 16.0. The summed E-state index contributed by atoms with van der Waals surface area (Å²) in [6.07, 6.45) is 0. The number of hydrogen-bond donors (Lipinski definition) is 2. The van der Waals surface area contributed by atoms with Crippen molar-refractivity contribution < 1.29 is 4.79 Å². The number of rotatable bonds is 8. The van der Waals surface area contributed by atoms with Crippen molar-refractivity contribution in [1.82, 2.24) is 14.8 Å². The monoisotopic (exact) mass is 457 g/mol. The van der Waals surface area contributed by atoms with Crippen molar-refractivity contribution >= 4 is 29.0 Å². The van der Waals surface area contributed by atoms with Gasteiger partial charge in [-0.1, -0.05) is 65.9 Å². The summed E-state index contributed by atoms with van der Waals surface area (Å²) in [5.74, 6) is 0.940. The van der Waals surface area contributed by atoms with Crippen LogP contribution >= 0.6 is 11.8 Å². The maximum absolute atomic E-state index is 12.5. The lowest BCUT2D eigenvalue weighted by molar-refractivity contribution is -0.113. The van der Waals surface area contributed by atoms with E-state index in [2.05, 4.69) is 52.9 Å². The number of nitrogens with zero attached hydrogens (tertiary/aromatic N) is 3. The number of hydrogen-bond acceptors (Lipinski definition) is 5. The number of carbonyl (C=O) groups excluding carboxylic acids is 1. The van der Waals surface area contributed by atoms with Crippen LogP contribution in [0.5, 0.6) is 0 Å². The van der Waals surface area contributed by atoms with E-state index in [4.69, 9.17) is 0 Å². The van der Waals surface area contributed by atoms with Gasteiger partial charge in [0.15, 0.2) is 11.0 Å². The van der Waals surface area contributed by atoms with E-state index in [1.165, 1.54) is 22.9 Å². The molecule has 168 valence electrons. The Morgan fingerprint density at radius 1 is 0.879 bits per heavy atom. The Hall–Kier alpha value is -3.58. The van der Waals surface area contributed by atoms with Gasteiger partial charge >= 0.3 is 0 Å². The molecular weight excluding hydrogens is 430 g/mol. The first-order valence-corrected chi connectivity index (χ1v) is 11.8. The third-order valence-corrected chi connectivity index (χ3v) is 6.22. The molecule has 0 atom stereocenters. The van der Waals surface area contributed by atoms with Crippen molar-refractivity contribution in [3.63, 3.8) is 0 Å². The topological polar surface area (TPSA) is 71.8 Å². The molecule has 0 bridgehead atoms. The number of aryl methyl sites for hydroxylation is 3. The van der Waals surface area contributed by atoms with Crippen LogP contribution in [0.15, 0.2) is 78.0 Å². The van der Waals surface area contributed by atoms with Crippen molar-refractivity contribution in [2.24, 2.45) is 0 Å². The number of nitrogens with one attached hydrogen (secondary N) is 2.